The SMILES string of the molecule is CC(C)(C)S(=O)OCC(C)(C)S(N)(=O)=O. The van der Waals surface area contributed by atoms with Crippen LogP contribution in [0.2, 0.25) is 0 Å². The highest BCUT2D eigenvalue weighted by Crippen LogP contribution is 2.18. The molecule has 1 unspecified atom stereocenters. The van der Waals surface area contributed by atoms with Gasteiger partial charge in [0, 0.05) is 0 Å². The average molecular weight is 257 g/mol. The third kappa shape index (κ3) is 4.58. The lowest BCUT2D eigenvalue weighted by molar-refractivity contribution is 0.298. The van der Waals surface area contributed by atoms with E-state index in [0.717, 1.165) is 0 Å². The van der Waals surface area contributed by atoms with Gasteiger partial charge in [0.15, 0.2) is 11.1 Å². The van der Waals surface area contributed by atoms with Crippen LogP contribution in [-0.4, -0.2) is 28.7 Å². The highest BCUT2D eigenvalue weighted by atomic mass is 32.2. The van der Waals surface area contributed by atoms with Gasteiger partial charge >= 0.3 is 0 Å². The summed E-state index contributed by atoms with van der Waals surface area (Å²) in [5, 5.41) is 5.00. The zero-order chi connectivity index (χ0) is 12.5. The van der Waals surface area contributed by atoms with Gasteiger partial charge in [-0.1, -0.05) is 0 Å². The summed E-state index contributed by atoms with van der Waals surface area (Å²) in [5.74, 6) is 0. The number of hydrogen-bond acceptors (Lipinski definition) is 4. The Morgan fingerprint density at radius 3 is 1.87 bits per heavy atom. The van der Waals surface area contributed by atoms with Gasteiger partial charge in [-0.3, -0.25) is 4.18 Å². The molecule has 0 aliphatic heterocycles. The summed E-state index contributed by atoms with van der Waals surface area (Å²) in [6.07, 6.45) is 0. The standard InChI is InChI=1S/C8H19NO4S2/c1-7(2,3)14(10)13-6-8(4,5)15(9,11)12/h6H2,1-5H3,(H2,9,11,12). The molecule has 15 heavy (non-hydrogen) atoms. The number of nitrogens with two attached hydrogens (primary N) is 1. The first kappa shape index (κ1) is 15.0. The summed E-state index contributed by atoms with van der Waals surface area (Å²) in [7, 11) is -3.70. The molecule has 92 valence electrons. The van der Waals surface area contributed by atoms with Crippen molar-refractivity contribution in [1.29, 1.82) is 0 Å². The Kier molecular flexibility index (Phi) is 4.49. The molecule has 0 fully saturated rings. The number of rotatable bonds is 4. The van der Waals surface area contributed by atoms with Crippen LogP contribution in [-0.2, 0) is 25.3 Å². The van der Waals surface area contributed by atoms with Crippen LogP contribution in [0.1, 0.15) is 34.6 Å². The van der Waals surface area contributed by atoms with Gasteiger partial charge in [0.2, 0.25) is 10.0 Å². The maximum Gasteiger partial charge on any atom is 0.216 e. The van der Waals surface area contributed by atoms with Crippen LogP contribution in [0.25, 0.3) is 0 Å². The van der Waals surface area contributed by atoms with E-state index in [1.54, 1.807) is 20.8 Å². The number of primary sulfonamides is 1. The molecule has 1 atom stereocenters. The minimum atomic E-state index is -3.70. The van der Waals surface area contributed by atoms with Crippen LogP contribution in [0.3, 0.4) is 0 Å². The third-order valence-electron chi connectivity index (χ3n) is 1.78. The lowest BCUT2D eigenvalue weighted by Gasteiger charge is -2.24. The van der Waals surface area contributed by atoms with Crippen LogP contribution >= 0.6 is 0 Å². The second-order valence-electron chi connectivity index (χ2n) is 4.91. The molecule has 0 aromatic rings. The minimum Gasteiger partial charge on any atom is -0.288 e. The van der Waals surface area contributed by atoms with Crippen LogP contribution in [0.15, 0.2) is 0 Å². The highest BCUT2D eigenvalue weighted by Gasteiger charge is 2.33. The van der Waals surface area contributed by atoms with E-state index < -0.39 is 30.6 Å². The number of hydrogen-bond donors (Lipinski definition) is 1. The van der Waals surface area contributed by atoms with E-state index >= 15 is 0 Å². The van der Waals surface area contributed by atoms with Gasteiger partial charge in [-0.15, -0.1) is 0 Å². The van der Waals surface area contributed by atoms with Crippen LogP contribution in [0.5, 0.6) is 0 Å². The Morgan fingerprint density at radius 1 is 1.20 bits per heavy atom. The molecule has 0 aromatic carbocycles. The Balaban J connectivity index is 4.49. The van der Waals surface area contributed by atoms with Crippen molar-refractivity contribution in [2.24, 2.45) is 5.14 Å². The summed E-state index contributed by atoms with van der Waals surface area (Å²) in [5.41, 5.74) is 0. The van der Waals surface area contributed by atoms with Crippen molar-refractivity contribution in [2.45, 2.75) is 44.1 Å². The average Bonchev–Trinajstić information content (AvgIpc) is 1.96. The molecule has 0 rings (SSSR count). The van der Waals surface area contributed by atoms with Crippen molar-refractivity contribution in [3.8, 4) is 0 Å². The van der Waals surface area contributed by atoms with Crippen molar-refractivity contribution in [2.75, 3.05) is 6.61 Å². The van der Waals surface area contributed by atoms with Crippen molar-refractivity contribution in [3.05, 3.63) is 0 Å². The van der Waals surface area contributed by atoms with Gasteiger partial charge in [0.05, 0.1) is 11.4 Å². The lowest BCUT2D eigenvalue weighted by atomic mass is 10.2. The molecule has 0 bridgehead atoms. The fourth-order valence-electron chi connectivity index (χ4n) is 0.454. The minimum absolute atomic E-state index is 0.185. The largest absolute Gasteiger partial charge is 0.288 e. The zero-order valence-electron chi connectivity index (χ0n) is 9.73. The topological polar surface area (TPSA) is 86.5 Å². The smallest absolute Gasteiger partial charge is 0.216 e. The molecule has 7 heteroatoms. The predicted octanol–water partition coefficient (Wildman–Crippen LogP) is 0.532. The molecule has 0 heterocycles. The third-order valence-corrected chi connectivity index (χ3v) is 4.77. The molecular formula is C8H19NO4S2. The first-order valence-electron chi connectivity index (χ1n) is 4.45. The van der Waals surface area contributed by atoms with Gasteiger partial charge < -0.3 is 0 Å². The molecule has 0 aromatic heterocycles. The van der Waals surface area contributed by atoms with Crippen LogP contribution in [0, 0.1) is 0 Å². The summed E-state index contributed by atoms with van der Waals surface area (Å²) in [6.45, 7) is 7.91. The Bertz CT molecular complexity index is 340. The summed E-state index contributed by atoms with van der Waals surface area (Å²) < 4.78 is 37.0. The maximum atomic E-state index is 11.5. The van der Waals surface area contributed by atoms with Crippen LogP contribution < -0.4 is 5.14 Å². The van der Waals surface area contributed by atoms with Crippen molar-refractivity contribution in [1.82, 2.24) is 0 Å². The second kappa shape index (κ2) is 4.48. The van der Waals surface area contributed by atoms with E-state index in [9.17, 15) is 12.6 Å². The van der Waals surface area contributed by atoms with Crippen LogP contribution in [0.4, 0.5) is 0 Å². The Morgan fingerprint density at radius 2 is 1.60 bits per heavy atom. The number of sulfonamides is 1. The molecule has 0 aliphatic carbocycles. The predicted molar refractivity (Wildman–Crippen MR) is 61.0 cm³/mol. The zero-order valence-corrected chi connectivity index (χ0v) is 11.4. The molecule has 0 spiro atoms. The molecule has 0 radical (unpaired) electrons. The van der Waals surface area contributed by atoms with E-state index in [0.29, 0.717) is 0 Å². The molecule has 0 amide bonds. The second-order valence-corrected chi connectivity index (χ2v) is 9.04. The Labute approximate surface area is 94.1 Å². The van der Waals surface area contributed by atoms with Gasteiger partial charge in [0.25, 0.3) is 0 Å². The van der Waals surface area contributed by atoms with E-state index in [1.165, 1.54) is 13.8 Å². The van der Waals surface area contributed by atoms with Gasteiger partial charge in [0.1, 0.15) is 4.75 Å². The first-order valence-corrected chi connectivity index (χ1v) is 7.07. The summed E-state index contributed by atoms with van der Waals surface area (Å²) in [6, 6.07) is 0. The highest BCUT2D eigenvalue weighted by molar-refractivity contribution is 7.90. The maximum absolute atomic E-state index is 11.5. The lowest BCUT2D eigenvalue weighted by Crippen LogP contribution is -2.43. The van der Waals surface area contributed by atoms with E-state index in [2.05, 4.69) is 0 Å². The van der Waals surface area contributed by atoms with Gasteiger partial charge in [-0.2, -0.15) is 0 Å². The molecular weight excluding hydrogens is 238 g/mol. The molecule has 0 aliphatic rings. The van der Waals surface area contributed by atoms with Crippen molar-refractivity contribution < 1.29 is 16.8 Å². The molecule has 0 saturated heterocycles. The normalized spacial score (nSPS) is 16.4. The molecule has 0 saturated carbocycles. The van der Waals surface area contributed by atoms with Gasteiger partial charge in [-0.25, -0.2) is 17.8 Å². The van der Waals surface area contributed by atoms with Crippen molar-refractivity contribution in [3.63, 3.8) is 0 Å². The van der Waals surface area contributed by atoms with E-state index in [-0.39, 0.29) is 6.61 Å². The fraction of sp³-hybridized carbons (Fsp3) is 1.00. The fourth-order valence-corrected chi connectivity index (χ4v) is 1.51. The first-order chi connectivity index (χ1) is 6.38. The monoisotopic (exact) mass is 257 g/mol. The summed E-state index contributed by atoms with van der Waals surface area (Å²) >= 11 is -1.54. The van der Waals surface area contributed by atoms with E-state index in [1.807, 2.05) is 0 Å². The van der Waals surface area contributed by atoms with Crippen molar-refractivity contribution >= 4 is 21.1 Å². The Hall–Kier alpha value is 0.0200. The quantitative estimate of drug-likeness (QED) is 0.796. The molecule has 5 nitrogen and oxygen atoms in total. The molecule has 2 N–H and O–H groups in total. The van der Waals surface area contributed by atoms with Gasteiger partial charge in [-0.05, 0) is 34.6 Å². The van der Waals surface area contributed by atoms with E-state index in [4.69, 9.17) is 9.32 Å². The summed E-state index contributed by atoms with van der Waals surface area (Å²) in [4.78, 5) is 0.